The van der Waals surface area contributed by atoms with Crippen LogP contribution < -0.4 is 5.32 Å². The molecule has 0 amide bonds. The van der Waals surface area contributed by atoms with E-state index in [9.17, 15) is 13.2 Å². The molecule has 0 unspecified atom stereocenters. The minimum Gasteiger partial charge on any atom is -0.355 e. The molecule has 1 rings (SSSR count). The van der Waals surface area contributed by atoms with Crippen molar-refractivity contribution >= 4 is 0 Å². The highest BCUT2D eigenvalue weighted by Gasteiger charge is 2.27. The van der Waals surface area contributed by atoms with Gasteiger partial charge in [-0.15, -0.1) is 0 Å². The van der Waals surface area contributed by atoms with E-state index >= 15 is 0 Å². The summed E-state index contributed by atoms with van der Waals surface area (Å²) in [4.78, 5) is 0. The summed E-state index contributed by atoms with van der Waals surface area (Å²) < 4.78 is 45.1. The molecule has 0 radical (unpaired) electrons. The SMILES string of the molecule is CC(C)(CNCc1ccccc1)COCOCC(F)(F)F. The number of hydrogen-bond acceptors (Lipinski definition) is 3. The highest BCUT2D eigenvalue weighted by molar-refractivity contribution is 5.14. The highest BCUT2D eigenvalue weighted by Crippen LogP contribution is 2.16. The van der Waals surface area contributed by atoms with Crippen molar-refractivity contribution in [2.24, 2.45) is 5.41 Å². The van der Waals surface area contributed by atoms with Crippen LogP contribution in [0.25, 0.3) is 0 Å². The minimum atomic E-state index is -4.31. The monoisotopic (exact) mass is 305 g/mol. The van der Waals surface area contributed by atoms with Gasteiger partial charge in [-0.2, -0.15) is 13.2 Å². The molecule has 1 N–H and O–H groups in total. The summed E-state index contributed by atoms with van der Waals surface area (Å²) in [6.07, 6.45) is -4.31. The Balaban J connectivity index is 2.12. The van der Waals surface area contributed by atoms with Crippen molar-refractivity contribution in [3.63, 3.8) is 0 Å². The van der Waals surface area contributed by atoms with Gasteiger partial charge in [-0.1, -0.05) is 44.2 Å². The van der Waals surface area contributed by atoms with E-state index in [4.69, 9.17) is 4.74 Å². The second-order valence-corrected chi connectivity index (χ2v) is 5.68. The van der Waals surface area contributed by atoms with E-state index in [0.29, 0.717) is 13.2 Å². The summed E-state index contributed by atoms with van der Waals surface area (Å²) in [6, 6.07) is 9.97. The van der Waals surface area contributed by atoms with E-state index in [1.54, 1.807) is 0 Å². The predicted molar refractivity (Wildman–Crippen MR) is 74.8 cm³/mol. The van der Waals surface area contributed by atoms with Gasteiger partial charge in [-0.25, -0.2) is 0 Å². The molecule has 0 aliphatic rings. The summed E-state index contributed by atoms with van der Waals surface area (Å²) in [5, 5.41) is 3.31. The maximum absolute atomic E-state index is 11.9. The maximum Gasteiger partial charge on any atom is 0.411 e. The Morgan fingerprint density at radius 3 is 2.24 bits per heavy atom. The van der Waals surface area contributed by atoms with Crippen LogP contribution in [0.3, 0.4) is 0 Å². The Kier molecular flexibility index (Phi) is 7.14. The number of benzene rings is 1. The molecule has 0 aliphatic heterocycles. The van der Waals surface area contributed by atoms with Gasteiger partial charge in [0.25, 0.3) is 0 Å². The molecule has 0 fully saturated rings. The topological polar surface area (TPSA) is 30.5 Å². The molecule has 120 valence electrons. The van der Waals surface area contributed by atoms with Crippen LogP contribution in [0.15, 0.2) is 30.3 Å². The third-order valence-corrected chi connectivity index (χ3v) is 2.70. The first-order valence-electron chi connectivity index (χ1n) is 6.75. The third kappa shape index (κ3) is 9.44. The summed E-state index contributed by atoms with van der Waals surface area (Å²) in [7, 11) is 0. The summed E-state index contributed by atoms with van der Waals surface area (Å²) in [6.45, 7) is 4.10. The second-order valence-electron chi connectivity index (χ2n) is 5.68. The largest absolute Gasteiger partial charge is 0.411 e. The Bertz CT molecular complexity index is 394. The zero-order valence-electron chi connectivity index (χ0n) is 12.4. The molecule has 0 atom stereocenters. The molecular formula is C15H22F3NO2. The molecule has 0 saturated carbocycles. The zero-order valence-corrected chi connectivity index (χ0v) is 12.4. The number of rotatable bonds is 9. The lowest BCUT2D eigenvalue weighted by Gasteiger charge is -2.25. The Labute approximate surface area is 123 Å². The smallest absolute Gasteiger partial charge is 0.355 e. The first-order chi connectivity index (χ1) is 9.79. The zero-order chi connectivity index (χ0) is 15.8. The lowest BCUT2D eigenvalue weighted by Crippen LogP contribution is -2.33. The molecule has 0 heterocycles. The molecule has 0 saturated heterocycles. The Morgan fingerprint density at radius 1 is 1.00 bits per heavy atom. The fourth-order valence-corrected chi connectivity index (χ4v) is 1.73. The molecule has 0 spiro atoms. The van der Waals surface area contributed by atoms with Gasteiger partial charge >= 0.3 is 6.18 Å². The van der Waals surface area contributed by atoms with Gasteiger partial charge in [0, 0.05) is 18.5 Å². The van der Waals surface area contributed by atoms with E-state index in [0.717, 1.165) is 6.54 Å². The van der Waals surface area contributed by atoms with Crippen LogP contribution in [0.1, 0.15) is 19.4 Å². The average molecular weight is 305 g/mol. The van der Waals surface area contributed by atoms with Gasteiger partial charge in [-0.05, 0) is 5.56 Å². The normalized spacial score (nSPS) is 12.6. The molecule has 0 aliphatic carbocycles. The highest BCUT2D eigenvalue weighted by atomic mass is 19.4. The van der Waals surface area contributed by atoms with E-state index in [2.05, 4.69) is 10.1 Å². The molecule has 0 aromatic heterocycles. The van der Waals surface area contributed by atoms with Gasteiger partial charge in [0.2, 0.25) is 0 Å². The van der Waals surface area contributed by atoms with E-state index in [1.807, 2.05) is 44.2 Å². The molecule has 0 bridgehead atoms. The third-order valence-electron chi connectivity index (χ3n) is 2.70. The van der Waals surface area contributed by atoms with Crippen molar-refractivity contribution in [1.82, 2.24) is 5.32 Å². The minimum absolute atomic E-state index is 0.184. The van der Waals surface area contributed by atoms with E-state index in [-0.39, 0.29) is 12.2 Å². The summed E-state index contributed by atoms with van der Waals surface area (Å²) in [5.41, 5.74) is 0.999. The molecule has 3 nitrogen and oxygen atoms in total. The molecule has 6 heteroatoms. The summed E-state index contributed by atoms with van der Waals surface area (Å²) >= 11 is 0. The van der Waals surface area contributed by atoms with Crippen molar-refractivity contribution in [3.05, 3.63) is 35.9 Å². The van der Waals surface area contributed by atoms with Gasteiger partial charge in [0.15, 0.2) is 0 Å². The van der Waals surface area contributed by atoms with Gasteiger partial charge in [-0.3, -0.25) is 0 Å². The average Bonchev–Trinajstić information content (AvgIpc) is 2.38. The van der Waals surface area contributed by atoms with E-state index < -0.39 is 12.8 Å². The first kappa shape index (κ1) is 17.9. The van der Waals surface area contributed by atoms with Crippen LogP contribution in [0.2, 0.25) is 0 Å². The van der Waals surface area contributed by atoms with Crippen LogP contribution in [-0.2, 0) is 16.0 Å². The summed E-state index contributed by atoms with van der Waals surface area (Å²) in [5.74, 6) is 0. The van der Waals surface area contributed by atoms with Crippen LogP contribution in [0.4, 0.5) is 13.2 Å². The fraction of sp³-hybridized carbons (Fsp3) is 0.600. The Morgan fingerprint density at radius 2 is 1.62 bits per heavy atom. The lowest BCUT2D eigenvalue weighted by atomic mass is 9.95. The molecule has 1 aromatic carbocycles. The number of alkyl halides is 3. The Hall–Kier alpha value is -1.11. The molecular weight excluding hydrogens is 283 g/mol. The second kappa shape index (κ2) is 8.36. The quantitative estimate of drug-likeness (QED) is 0.560. The van der Waals surface area contributed by atoms with Crippen molar-refractivity contribution < 1.29 is 22.6 Å². The van der Waals surface area contributed by atoms with Gasteiger partial charge in [0.1, 0.15) is 13.4 Å². The van der Waals surface area contributed by atoms with Crippen molar-refractivity contribution in [2.75, 3.05) is 26.6 Å². The lowest BCUT2D eigenvalue weighted by molar-refractivity contribution is -0.199. The number of halogens is 3. The van der Waals surface area contributed by atoms with Gasteiger partial charge in [0.05, 0.1) is 6.61 Å². The van der Waals surface area contributed by atoms with Gasteiger partial charge < -0.3 is 14.8 Å². The van der Waals surface area contributed by atoms with Crippen molar-refractivity contribution in [1.29, 1.82) is 0 Å². The number of nitrogens with one attached hydrogen (secondary N) is 1. The van der Waals surface area contributed by atoms with Crippen LogP contribution in [0, 0.1) is 5.41 Å². The van der Waals surface area contributed by atoms with E-state index in [1.165, 1.54) is 5.56 Å². The van der Waals surface area contributed by atoms with Crippen molar-refractivity contribution in [3.8, 4) is 0 Å². The fourth-order valence-electron chi connectivity index (χ4n) is 1.73. The molecule has 1 aromatic rings. The van der Waals surface area contributed by atoms with Crippen LogP contribution >= 0.6 is 0 Å². The molecule has 21 heavy (non-hydrogen) atoms. The maximum atomic E-state index is 11.9. The van der Waals surface area contributed by atoms with Crippen LogP contribution in [0.5, 0.6) is 0 Å². The number of hydrogen-bond donors (Lipinski definition) is 1. The number of ether oxygens (including phenoxy) is 2. The first-order valence-corrected chi connectivity index (χ1v) is 6.75. The van der Waals surface area contributed by atoms with Crippen molar-refractivity contribution in [2.45, 2.75) is 26.6 Å². The predicted octanol–water partition coefficient (Wildman–Crippen LogP) is 3.36. The standard InChI is InChI=1S/C15H22F3NO2/c1-14(2,10-20-12-21-11-15(16,17)18)9-19-8-13-6-4-3-5-7-13/h3-7,19H,8-12H2,1-2H3. The van der Waals surface area contributed by atoms with Crippen LogP contribution in [-0.4, -0.2) is 32.7 Å².